The molecule has 0 aromatic rings. The van der Waals surface area contributed by atoms with Gasteiger partial charge in [-0.2, -0.15) is 0 Å². The second-order valence-corrected chi connectivity index (χ2v) is 7.86. The molecule has 0 radical (unpaired) electrons. The molecule has 2 aliphatic rings. The summed E-state index contributed by atoms with van der Waals surface area (Å²) in [6, 6.07) is 0.924. The minimum Gasteiger partial charge on any atom is -0.356 e. The maximum Gasteiger partial charge on any atom is 0.190 e. The fourth-order valence-corrected chi connectivity index (χ4v) is 3.50. The third kappa shape index (κ3) is 7.56. The first-order chi connectivity index (χ1) is 11.2. The SMILES string of the molecule is CN=C(NCCCCCCC(C)C)NCC1CCN(C2CC2)C1. The van der Waals surface area contributed by atoms with Crippen LogP contribution in [-0.2, 0) is 0 Å². The van der Waals surface area contributed by atoms with E-state index in [0.29, 0.717) is 0 Å². The van der Waals surface area contributed by atoms with Crippen molar-refractivity contribution in [1.29, 1.82) is 0 Å². The van der Waals surface area contributed by atoms with Gasteiger partial charge < -0.3 is 15.5 Å². The number of nitrogens with zero attached hydrogens (tertiary/aromatic N) is 2. The van der Waals surface area contributed by atoms with Gasteiger partial charge >= 0.3 is 0 Å². The van der Waals surface area contributed by atoms with Gasteiger partial charge in [-0.05, 0) is 44.1 Å². The quantitative estimate of drug-likeness (QED) is 0.368. The molecule has 134 valence electrons. The molecule has 1 aliphatic carbocycles. The lowest BCUT2D eigenvalue weighted by atomic mass is 10.0. The van der Waals surface area contributed by atoms with Crippen LogP contribution in [0.1, 0.15) is 65.2 Å². The topological polar surface area (TPSA) is 39.7 Å². The summed E-state index contributed by atoms with van der Waals surface area (Å²) in [4.78, 5) is 7.03. The molecule has 2 rings (SSSR count). The summed E-state index contributed by atoms with van der Waals surface area (Å²) in [6.45, 7) is 9.32. The van der Waals surface area contributed by atoms with Gasteiger partial charge in [0.15, 0.2) is 5.96 Å². The van der Waals surface area contributed by atoms with Crippen molar-refractivity contribution in [3.63, 3.8) is 0 Å². The summed E-state index contributed by atoms with van der Waals surface area (Å²) in [5.41, 5.74) is 0. The van der Waals surface area contributed by atoms with E-state index in [-0.39, 0.29) is 0 Å². The van der Waals surface area contributed by atoms with E-state index in [0.717, 1.165) is 36.9 Å². The lowest BCUT2D eigenvalue weighted by molar-refractivity contribution is 0.314. The van der Waals surface area contributed by atoms with Gasteiger partial charge in [-0.25, -0.2) is 0 Å². The Labute approximate surface area is 143 Å². The van der Waals surface area contributed by atoms with E-state index in [1.54, 1.807) is 0 Å². The van der Waals surface area contributed by atoms with E-state index < -0.39 is 0 Å². The van der Waals surface area contributed by atoms with Crippen molar-refractivity contribution < 1.29 is 0 Å². The Hall–Kier alpha value is -0.770. The zero-order valence-electron chi connectivity index (χ0n) is 15.6. The fourth-order valence-electron chi connectivity index (χ4n) is 3.50. The van der Waals surface area contributed by atoms with E-state index in [1.807, 2.05) is 7.05 Å². The van der Waals surface area contributed by atoms with Crippen LogP contribution in [0.5, 0.6) is 0 Å². The largest absolute Gasteiger partial charge is 0.356 e. The molecule has 2 fully saturated rings. The lowest BCUT2D eigenvalue weighted by Gasteiger charge is -2.17. The van der Waals surface area contributed by atoms with Crippen LogP contribution in [0.4, 0.5) is 0 Å². The summed E-state index contributed by atoms with van der Waals surface area (Å²) in [5, 5.41) is 6.99. The van der Waals surface area contributed by atoms with Crippen molar-refractivity contribution in [3.05, 3.63) is 0 Å². The maximum absolute atomic E-state index is 4.35. The minimum absolute atomic E-state index is 0.796. The number of unbranched alkanes of at least 4 members (excludes halogenated alkanes) is 3. The number of aliphatic imine (C=N–C) groups is 1. The normalized spacial score (nSPS) is 22.8. The highest BCUT2D eigenvalue weighted by molar-refractivity contribution is 5.79. The van der Waals surface area contributed by atoms with Crippen molar-refractivity contribution in [2.75, 3.05) is 33.2 Å². The molecule has 1 saturated carbocycles. The number of likely N-dealkylation sites (tertiary alicyclic amines) is 1. The third-order valence-electron chi connectivity index (χ3n) is 5.16. The average molecular weight is 323 g/mol. The number of guanidine groups is 1. The van der Waals surface area contributed by atoms with Gasteiger partial charge in [0, 0.05) is 32.7 Å². The monoisotopic (exact) mass is 322 g/mol. The van der Waals surface area contributed by atoms with Crippen LogP contribution in [0, 0.1) is 11.8 Å². The van der Waals surface area contributed by atoms with Crippen molar-refractivity contribution in [1.82, 2.24) is 15.5 Å². The Kier molecular flexibility index (Phi) is 8.21. The van der Waals surface area contributed by atoms with Crippen LogP contribution >= 0.6 is 0 Å². The van der Waals surface area contributed by atoms with Gasteiger partial charge in [-0.1, -0.05) is 39.5 Å². The molecule has 0 aromatic heterocycles. The predicted octanol–water partition coefficient (Wildman–Crippen LogP) is 3.24. The first-order valence-corrected chi connectivity index (χ1v) is 9.87. The third-order valence-corrected chi connectivity index (χ3v) is 5.16. The number of nitrogens with one attached hydrogen (secondary N) is 2. The summed E-state index contributed by atoms with van der Waals surface area (Å²) < 4.78 is 0. The molecule has 1 saturated heterocycles. The van der Waals surface area contributed by atoms with Gasteiger partial charge in [-0.3, -0.25) is 4.99 Å². The molecule has 0 spiro atoms. The highest BCUT2D eigenvalue weighted by Gasteiger charge is 2.34. The zero-order chi connectivity index (χ0) is 16.5. The minimum atomic E-state index is 0.796. The molecule has 4 nitrogen and oxygen atoms in total. The first-order valence-electron chi connectivity index (χ1n) is 9.87. The van der Waals surface area contributed by atoms with E-state index in [9.17, 15) is 0 Å². The predicted molar refractivity (Wildman–Crippen MR) is 100.0 cm³/mol. The molecule has 4 heteroatoms. The fraction of sp³-hybridized carbons (Fsp3) is 0.947. The van der Waals surface area contributed by atoms with Gasteiger partial charge in [0.1, 0.15) is 0 Å². The lowest BCUT2D eigenvalue weighted by Crippen LogP contribution is -2.40. The molecule has 0 bridgehead atoms. The van der Waals surface area contributed by atoms with Crippen LogP contribution in [0.3, 0.4) is 0 Å². The van der Waals surface area contributed by atoms with E-state index in [1.165, 1.54) is 64.5 Å². The van der Waals surface area contributed by atoms with Gasteiger partial charge in [0.25, 0.3) is 0 Å². The van der Waals surface area contributed by atoms with Crippen LogP contribution < -0.4 is 10.6 Å². The van der Waals surface area contributed by atoms with Crippen molar-refractivity contribution in [2.24, 2.45) is 16.8 Å². The second-order valence-electron chi connectivity index (χ2n) is 7.86. The molecular formula is C19H38N4. The van der Waals surface area contributed by atoms with Crippen molar-refractivity contribution in [2.45, 2.75) is 71.3 Å². The molecule has 1 unspecified atom stereocenters. The Morgan fingerprint density at radius 1 is 1.09 bits per heavy atom. The average Bonchev–Trinajstić information content (AvgIpc) is 3.28. The highest BCUT2D eigenvalue weighted by atomic mass is 15.2. The molecule has 1 heterocycles. The zero-order valence-corrected chi connectivity index (χ0v) is 15.6. The molecule has 1 atom stereocenters. The highest BCUT2D eigenvalue weighted by Crippen LogP contribution is 2.31. The molecule has 0 amide bonds. The Morgan fingerprint density at radius 3 is 2.57 bits per heavy atom. The number of hydrogen-bond acceptors (Lipinski definition) is 2. The molecule has 1 aliphatic heterocycles. The molecule has 2 N–H and O–H groups in total. The van der Waals surface area contributed by atoms with Gasteiger partial charge in [0.05, 0.1) is 0 Å². The summed E-state index contributed by atoms with van der Waals surface area (Å²) in [6.07, 6.45) is 10.9. The van der Waals surface area contributed by atoms with Crippen LogP contribution in [0.15, 0.2) is 4.99 Å². The van der Waals surface area contributed by atoms with E-state index >= 15 is 0 Å². The van der Waals surface area contributed by atoms with E-state index in [4.69, 9.17) is 0 Å². The van der Waals surface area contributed by atoms with Gasteiger partial charge in [-0.15, -0.1) is 0 Å². The standard InChI is InChI=1S/C19H38N4/c1-16(2)8-6-4-5-7-12-21-19(20-3)22-14-17-11-13-23(15-17)18-9-10-18/h16-18H,4-15H2,1-3H3,(H2,20,21,22). The van der Waals surface area contributed by atoms with Crippen molar-refractivity contribution in [3.8, 4) is 0 Å². The van der Waals surface area contributed by atoms with Crippen LogP contribution in [0.25, 0.3) is 0 Å². The maximum atomic E-state index is 4.35. The summed E-state index contributed by atoms with van der Waals surface area (Å²) >= 11 is 0. The molecular weight excluding hydrogens is 284 g/mol. The summed E-state index contributed by atoms with van der Waals surface area (Å²) in [5.74, 6) is 2.63. The van der Waals surface area contributed by atoms with Gasteiger partial charge in [0.2, 0.25) is 0 Å². The van der Waals surface area contributed by atoms with Crippen LogP contribution in [-0.4, -0.2) is 50.1 Å². The Morgan fingerprint density at radius 2 is 1.87 bits per heavy atom. The summed E-state index contributed by atoms with van der Waals surface area (Å²) in [7, 11) is 1.88. The number of rotatable bonds is 10. The molecule has 0 aromatic carbocycles. The second kappa shape index (κ2) is 10.2. The molecule has 23 heavy (non-hydrogen) atoms. The van der Waals surface area contributed by atoms with Crippen molar-refractivity contribution >= 4 is 5.96 Å². The smallest absolute Gasteiger partial charge is 0.190 e. The number of hydrogen-bond donors (Lipinski definition) is 2. The van der Waals surface area contributed by atoms with Crippen LogP contribution in [0.2, 0.25) is 0 Å². The Bertz CT molecular complexity index is 349. The Balaban J connectivity index is 1.47. The first kappa shape index (κ1) is 18.6. The van der Waals surface area contributed by atoms with E-state index in [2.05, 4.69) is 34.4 Å².